The van der Waals surface area contributed by atoms with Crippen LogP contribution in [0.2, 0.25) is 0 Å². The molecule has 2 rings (SSSR count). The summed E-state index contributed by atoms with van der Waals surface area (Å²) in [4.78, 5) is 11.8. The summed E-state index contributed by atoms with van der Waals surface area (Å²) in [6.07, 6.45) is 0.274. The molecule has 0 bridgehead atoms. The number of amides is 1. The first-order valence-electron chi connectivity index (χ1n) is 6.98. The van der Waals surface area contributed by atoms with Gasteiger partial charge in [-0.25, -0.2) is 0 Å². The summed E-state index contributed by atoms with van der Waals surface area (Å²) in [6.45, 7) is 7.97. The molecule has 0 spiro atoms. The molecule has 1 amide bonds. The van der Waals surface area contributed by atoms with E-state index in [1.54, 1.807) is 0 Å². The van der Waals surface area contributed by atoms with Gasteiger partial charge in [-0.15, -0.1) is 0 Å². The van der Waals surface area contributed by atoms with E-state index in [1.807, 2.05) is 45.9 Å². The maximum atomic E-state index is 11.8. The monoisotopic (exact) mass is 277 g/mol. The number of nitrogens with one attached hydrogen (secondary N) is 1. The van der Waals surface area contributed by atoms with Gasteiger partial charge in [-0.1, -0.05) is 19.9 Å². The number of carbonyl (C=O) groups is 1. The molecule has 0 aliphatic heterocycles. The molecule has 0 radical (unpaired) electrons. The van der Waals surface area contributed by atoms with Gasteiger partial charge in [0, 0.05) is 11.5 Å². The topological polar surface area (TPSA) is 58.6 Å². The summed E-state index contributed by atoms with van der Waals surface area (Å²) in [7, 11) is 0. The second-order valence-electron chi connectivity index (χ2n) is 6.23. The predicted molar refractivity (Wildman–Crippen MR) is 77.7 cm³/mol. The van der Waals surface area contributed by atoms with Gasteiger partial charge in [0.05, 0.1) is 6.10 Å². The highest BCUT2D eigenvalue weighted by atomic mass is 16.5. The Bertz CT molecular complexity index is 510. The molecule has 2 unspecified atom stereocenters. The summed E-state index contributed by atoms with van der Waals surface area (Å²) in [6, 6.07) is 5.80. The minimum absolute atomic E-state index is 0.00514. The second kappa shape index (κ2) is 5.44. The first kappa shape index (κ1) is 14.9. The molecule has 1 fully saturated rings. The van der Waals surface area contributed by atoms with Crippen molar-refractivity contribution < 1.29 is 14.6 Å². The Morgan fingerprint density at radius 1 is 1.40 bits per heavy atom. The van der Waals surface area contributed by atoms with Crippen LogP contribution in [-0.2, 0) is 4.79 Å². The number of hydrogen-bond acceptors (Lipinski definition) is 3. The van der Waals surface area contributed by atoms with Gasteiger partial charge in [0.15, 0.2) is 6.61 Å². The average Bonchev–Trinajstić information content (AvgIpc) is 2.40. The van der Waals surface area contributed by atoms with E-state index in [-0.39, 0.29) is 30.1 Å². The molecule has 1 aliphatic carbocycles. The summed E-state index contributed by atoms with van der Waals surface area (Å²) >= 11 is 0. The lowest BCUT2D eigenvalue weighted by Crippen LogP contribution is -2.61. The van der Waals surface area contributed by atoms with Gasteiger partial charge < -0.3 is 15.2 Å². The minimum Gasteiger partial charge on any atom is -0.484 e. The molecule has 4 heteroatoms. The van der Waals surface area contributed by atoms with Gasteiger partial charge in [-0.3, -0.25) is 4.79 Å². The summed E-state index contributed by atoms with van der Waals surface area (Å²) in [5, 5.41) is 12.6. The van der Waals surface area contributed by atoms with Crippen LogP contribution in [0.15, 0.2) is 18.2 Å². The van der Waals surface area contributed by atoms with Crippen LogP contribution in [0, 0.1) is 19.3 Å². The van der Waals surface area contributed by atoms with Gasteiger partial charge in [0.25, 0.3) is 5.91 Å². The van der Waals surface area contributed by atoms with Gasteiger partial charge in [-0.2, -0.15) is 0 Å². The lowest BCUT2D eigenvalue weighted by molar-refractivity contribution is -0.131. The van der Waals surface area contributed by atoms with Crippen molar-refractivity contribution in [3.05, 3.63) is 29.3 Å². The van der Waals surface area contributed by atoms with E-state index in [4.69, 9.17) is 4.74 Å². The molecule has 1 aromatic rings. The standard InChI is InChI=1S/C16H23NO3/c1-10-5-6-12(7-11(10)2)20-9-15(19)17-13-8-14(18)16(13,3)4/h5-7,13-14,18H,8-9H2,1-4H3,(H,17,19). The summed E-state index contributed by atoms with van der Waals surface area (Å²) in [5.41, 5.74) is 2.09. The van der Waals surface area contributed by atoms with E-state index in [9.17, 15) is 9.90 Å². The first-order chi connectivity index (χ1) is 9.30. The van der Waals surface area contributed by atoms with E-state index < -0.39 is 0 Å². The van der Waals surface area contributed by atoms with Gasteiger partial charge in [0.2, 0.25) is 0 Å². The molecule has 2 atom stereocenters. The van der Waals surface area contributed by atoms with Crippen molar-refractivity contribution in [1.29, 1.82) is 0 Å². The summed E-state index contributed by atoms with van der Waals surface area (Å²) < 4.78 is 5.49. The maximum absolute atomic E-state index is 11.8. The fourth-order valence-electron chi connectivity index (χ4n) is 2.34. The van der Waals surface area contributed by atoms with Crippen molar-refractivity contribution in [2.24, 2.45) is 5.41 Å². The van der Waals surface area contributed by atoms with E-state index in [0.717, 1.165) is 5.56 Å². The van der Waals surface area contributed by atoms with Crippen LogP contribution in [0.5, 0.6) is 5.75 Å². The van der Waals surface area contributed by atoms with Gasteiger partial charge >= 0.3 is 0 Å². The van der Waals surface area contributed by atoms with E-state index >= 15 is 0 Å². The van der Waals surface area contributed by atoms with Crippen molar-refractivity contribution in [2.75, 3.05) is 6.61 Å². The van der Waals surface area contributed by atoms with Crippen LogP contribution in [0.4, 0.5) is 0 Å². The van der Waals surface area contributed by atoms with Crippen molar-refractivity contribution in [3.63, 3.8) is 0 Å². The normalized spacial score (nSPS) is 23.9. The number of ether oxygens (including phenoxy) is 1. The number of aliphatic hydroxyl groups excluding tert-OH is 1. The quantitative estimate of drug-likeness (QED) is 0.884. The Morgan fingerprint density at radius 3 is 2.65 bits per heavy atom. The van der Waals surface area contributed by atoms with Gasteiger partial charge in [0.1, 0.15) is 5.75 Å². The zero-order valence-corrected chi connectivity index (χ0v) is 12.6. The molecular weight excluding hydrogens is 254 g/mol. The number of rotatable bonds is 4. The van der Waals surface area contributed by atoms with Crippen LogP contribution in [0.3, 0.4) is 0 Å². The van der Waals surface area contributed by atoms with E-state index in [0.29, 0.717) is 12.2 Å². The highest BCUT2D eigenvalue weighted by Crippen LogP contribution is 2.40. The van der Waals surface area contributed by atoms with Crippen LogP contribution in [0.1, 0.15) is 31.4 Å². The van der Waals surface area contributed by atoms with Crippen molar-refractivity contribution in [1.82, 2.24) is 5.32 Å². The van der Waals surface area contributed by atoms with Crippen molar-refractivity contribution in [3.8, 4) is 5.75 Å². The molecule has 0 heterocycles. The largest absolute Gasteiger partial charge is 0.484 e. The minimum atomic E-state index is -0.339. The third-order valence-corrected chi connectivity index (χ3v) is 4.40. The van der Waals surface area contributed by atoms with Crippen molar-refractivity contribution >= 4 is 5.91 Å². The highest BCUT2D eigenvalue weighted by Gasteiger charge is 2.47. The lowest BCUT2D eigenvalue weighted by atomic mass is 9.64. The van der Waals surface area contributed by atoms with Crippen LogP contribution in [0.25, 0.3) is 0 Å². The molecule has 0 aromatic heterocycles. The molecule has 1 aliphatic rings. The Labute approximate surface area is 120 Å². The molecule has 0 saturated heterocycles. The SMILES string of the molecule is Cc1ccc(OCC(=O)NC2CC(O)C2(C)C)cc1C. The molecule has 4 nitrogen and oxygen atoms in total. The maximum Gasteiger partial charge on any atom is 0.258 e. The number of benzene rings is 1. The zero-order valence-electron chi connectivity index (χ0n) is 12.6. The third-order valence-electron chi connectivity index (χ3n) is 4.40. The number of aryl methyl sites for hydroxylation is 2. The predicted octanol–water partition coefficient (Wildman–Crippen LogP) is 1.96. The molecule has 20 heavy (non-hydrogen) atoms. The Balaban J connectivity index is 1.82. The van der Waals surface area contributed by atoms with Crippen molar-refractivity contribution in [2.45, 2.75) is 46.3 Å². The van der Waals surface area contributed by atoms with Crippen LogP contribution in [-0.4, -0.2) is 29.8 Å². The lowest BCUT2D eigenvalue weighted by Gasteiger charge is -2.49. The fraction of sp³-hybridized carbons (Fsp3) is 0.562. The van der Waals surface area contributed by atoms with Gasteiger partial charge in [-0.05, 0) is 43.5 Å². The molecule has 2 N–H and O–H groups in total. The molecule has 1 saturated carbocycles. The number of carbonyl (C=O) groups excluding carboxylic acids is 1. The first-order valence-corrected chi connectivity index (χ1v) is 6.98. The number of aliphatic hydroxyl groups is 1. The molecular formula is C16H23NO3. The second-order valence-corrected chi connectivity index (χ2v) is 6.23. The molecule has 110 valence electrons. The Morgan fingerprint density at radius 2 is 2.10 bits per heavy atom. The zero-order chi connectivity index (χ0) is 14.9. The van der Waals surface area contributed by atoms with Crippen LogP contribution >= 0.6 is 0 Å². The van der Waals surface area contributed by atoms with E-state index in [1.165, 1.54) is 5.56 Å². The third kappa shape index (κ3) is 2.96. The molecule has 1 aromatic carbocycles. The Hall–Kier alpha value is -1.55. The van der Waals surface area contributed by atoms with E-state index in [2.05, 4.69) is 5.32 Å². The smallest absolute Gasteiger partial charge is 0.258 e. The summed E-state index contributed by atoms with van der Waals surface area (Å²) in [5.74, 6) is 0.560. The Kier molecular flexibility index (Phi) is 4.04. The number of hydrogen-bond donors (Lipinski definition) is 2. The fourth-order valence-corrected chi connectivity index (χ4v) is 2.34. The van der Waals surface area contributed by atoms with Crippen LogP contribution < -0.4 is 10.1 Å². The average molecular weight is 277 g/mol. The highest BCUT2D eigenvalue weighted by molar-refractivity contribution is 5.78.